The number of nitrogens with zero attached hydrogens (tertiary/aromatic N) is 1. The van der Waals surface area contributed by atoms with Crippen LogP contribution < -0.4 is 5.32 Å². The number of halogens is 1. The number of nitrogens with one attached hydrogen (secondary N) is 1. The van der Waals surface area contributed by atoms with Gasteiger partial charge in [-0.3, -0.25) is 0 Å². The van der Waals surface area contributed by atoms with E-state index in [1.807, 2.05) is 0 Å². The van der Waals surface area contributed by atoms with Crippen LogP contribution in [0.2, 0.25) is 0 Å². The van der Waals surface area contributed by atoms with Crippen LogP contribution in [-0.4, -0.2) is 36.2 Å². The molecule has 0 radical (unpaired) electrons. The van der Waals surface area contributed by atoms with E-state index >= 15 is 0 Å². The zero-order chi connectivity index (χ0) is 13.9. The Bertz CT molecular complexity index is 408. The minimum Gasteiger partial charge on any atom is -0.508 e. The molecular formula is C15H23FN2O. The molecule has 1 fully saturated rings. The lowest BCUT2D eigenvalue weighted by molar-refractivity contribution is 0.153. The van der Waals surface area contributed by atoms with E-state index in [1.54, 1.807) is 6.07 Å². The first-order valence-corrected chi connectivity index (χ1v) is 6.88. The molecule has 19 heavy (non-hydrogen) atoms. The highest BCUT2D eigenvalue weighted by atomic mass is 19.1. The summed E-state index contributed by atoms with van der Waals surface area (Å²) in [5.74, 6) is -0.403. The number of aromatic hydroxyl groups is 1. The molecular weight excluding hydrogens is 243 g/mol. The lowest BCUT2D eigenvalue weighted by Crippen LogP contribution is -2.49. The molecule has 0 bridgehead atoms. The normalized spacial score (nSPS) is 18.1. The van der Waals surface area contributed by atoms with Gasteiger partial charge in [-0.1, -0.05) is 12.8 Å². The number of rotatable bonds is 5. The van der Waals surface area contributed by atoms with E-state index in [0.29, 0.717) is 6.54 Å². The summed E-state index contributed by atoms with van der Waals surface area (Å²) in [6.07, 6.45) is 4.98. The maximum Gasteiger partial charge on any atom is 0.127 e. The van der Waals surface area contributed by atoms with Crippen molar-refractivity contribution in [2.75, 3.05) is 20.6 Å². The largest absolute Gasteiger partial charge is 0.508 e. The van der Waals surface area contributed by atoms with E-state index < -0.39 is 0 Å². The Hall–Kier alpha value is -1.13. The summed E-state index contributed by atoms with van der Waals surface area (Å²) in [5, 5.41) is 12.8. The first kappa shape index (κ1) is 14.3. The predicted octanol–water partition coefficient (Wildman–Crippen LogP) is 2.50. The van der Waals surface area contributed by atoms with Gasteiger partial charge in [-0.15, -0.1) is 0 Å². The smallest absolute Gasteiger partial charge is 0.127 e. The van der Waals surface area contributed by atoms with Crippen molar-refractivity contribution in [3.63, 3.8) is 0 Å². The van der Waals surface area contributed by atoms with Gasteiger partial charge in [0.25, 0.3) is 0 Å². The molecule has 106 valence electrons. The van der Waals surface area contributed by atoms with Gasteiger partial charge in [-0.2, -0.15) is 0 Å². The molecule has 1 aromatic rings. The summed E-state index contributed by atoms with van der Waals surface area (Å²) in [4.78, 5) is 2.30. The van der Waals surface area contributed by atoms with E-state index in [2.05, 4.69) is 24.3 Å². The number of hydrogen-bond donors (Lipinski definition) is 2. The number of hydrogen-bond acceptors (Lipinski definition) is 3. The van der Waals surface area contributed by atoms with E-state index in [9.17, 15) is 9.50 Å². The molecule has 1 aliphatic carbocycles. The van der Waals surface area contributed by atoms with Crippen LogP contribution in [0.5, 0.6) is 5.75 Å². The number of likely N-dealkylation sites (N-methyl/N-ethyl adjacent to an activating group) is 1. The Labute approximate surface area is 114 Å². The molecule has 0 spiro atoms. The molecule has 1 aromatic carbocycles. The van der Waals surface area contributed by atoms with Crippen molar-refractivity contribution in [1.82, 2.24) is 10.2 Å². The minimum atomic E-state index is -0.389. The van der Waals surface area contributed by atoms with Crippen molar-refractivity contribution in [3.05, 3.63) is 29.6 Å². The Kier molecular flexibility index (Phi) is 4.42. The molecule has 0 unspecified atom stereocenters. The second kappa shape index (κ2) is 5.88. The Morgan fingerprint density at radius 3 is 2.53 bits per heavy atom. The highest BCUT2D eigenvalue weighted by Gasteiger charge is 2.35. The molecule has 2 rings (SSSR count). The molecule has 0 aliphatic heterocycles. The van der Waals surface area contributed by atoms with Crippen LogP contribution in [-0.2, 0) is 6.54 Å². The van der Waals surface area contributed by atoms with Gasteiger partial charge in [-0.05, 0) is 44.6 Å². The molecule has 1 saturated carbocycles. The van der Waals surface area contributed by atoms with E-state index in [-0.39, 0.29) is 17.1 Å². The molecule has 0 amide bonds. The summed E-state index contributed by atoms with van der Waals surface area (Å²) in [5.41, 5.74) is 1.01. The third-order valence-corrected chi connectivity index (χ3v) is 4.21. The van der Waals surface area contributed by atoms with Gasteiger partial charge in [0, 0.05) is 24.7 Å². The summed E-state index contributed by atoms with van der Waals surface area (Å²) in [6.45, 7) is 1.48. The second-order valence-corrected chi connectivity index (χ2v) is 5.75. The fraction of sp³-hybridized carbons (Fsp3) is 0.600. The highest BCUT2D eigenvalue weighted by Crippen LogP contribution is 2.33. The van der Waals surface area contributed by atoms with Gasteiger partial charge < -0.3 is 15.3 Å². The first-order valence-electron chi connectivity index (χ1n) is 6.88. The Balaban J connectivity index is 1.92. The molecule has 0 aromatic heterocycles. The highest BCUT2D eigenvalue weighted by molar-refractivity contribution is 5.28. The lowest BCUT2D eigenvalue weighted by Gasteiger charge is -2.36. The van der Waals surface area contributed by atoms with Crippen LogP contribution in [0.4, 0.5) is 4.39 Å². The number of phenols is 1. The second-order valence-electron chi connectivity index (χ2n) is 5.75. The van der Waals surface area contributed by atoms with Crippen molar-refractivity contribution < 1.29 is 9.50 Å². The van der Waals surface area contributed by atoms with E-state index in [0.717, 1.165) is 18.2 Å². The van der Waals surface area contributed by atoms with Gasteiger partial charge in [-0.25, -0.2) is 4.39 Å². The maximum atomic E-state index is 13.2. The van der Waals surface area contributed by atoms with Crippen molar-refractivity contribution >= 4 is 0 Å². The summed E-state index contributed by atoms with van der Waals surface area (Å²) < 4.78 is 13.2. The molecule has 0 atom stereocenters. The monoisotopic (exact) mass is 266 g/mol. The fourth-order valence-electron chi connectivity index (χ4n) is 2.99. The number of phenolic OH excluding ortho intramolecular Hbond substituents is 1. The molecule has 0 saturated heterocycles. The molecule has 4 heteroatoms. The van der Waals surface area contributed by atoms with Crippen LogP contribution >= 0.6 is 0 Å². The topological polar surface area (TPSA) is 35.5 Å². The average Bonchev–Trinajstić information content (AvgIpc) is 2.77. The van der Waals surface area contributed by atoms with Crippen molar-refractivity contribution in [2.45, 2.75) is 37.8 Å². The average molecular weight is 266 g/mol. The summed E-state index contributed by atoms with van der Waals surface area (Å²) >= 11 is 0. The molecule has 3 nitrogen and oxygen atoms in total. The van der Waals surface area contributed by atoms with Gasteiger partial charge in [0.1, 0.15) is 11.6 Å². The lowest BCUT2D eigenvalue weighted by atomic mass is 9.96. The Morgan fingerprint density at radius 2 is 1.95 bits per heavy atom. The third-order valence-electron chi connectivity index (χ3n) is 4.21. The summed E-state index contributed by atoms with van der Waals surface area (Å²) in [6, 6.07) is 4.19. The predicted molar refractivity (Wildman–Crippen MR) is 74.7 cm³/mol. The summed E-state index contributed by atoms with van der Waals surface area (Å²) in [7, 11) is 4.25. The SMILES string of the molecule is CN(C)C1(CNCc2cc(O)cc(F)c2)CCCC1. The van der Waals surface area contributed by atoms with Gasteiger partial charge >= 0.3 is 0 Å². The van der Waals surface area contributed by atoms with E-state index in [1.165, 1.54) is 31.7 Å². The standard InChI is InChI=1S/C15H23FN2O/c1-18(2)15(5-3-4-6-15)11-17-10-12-7-13(16)9-14(19)8-12/h7-9,17,19H,3-6,10-11H2,1-2H3. The van der Waals surface area contributed by atoms with Gasteiger partial charge in [0.15, 0.2) is 0 Å². The third kappa shape index (κ3) is 3.45. The van der Waals surface area contributed by atoms with E-state index in [4.69, 9.17) is 0 Å². The zero-order valence-corrected chi connectivity index (χ0v) is 11.7. The quantitative estimate of drug-likeness (QED) is 0.859. The number of benzene rings is 1. The minimum absolute atomic E-state index is 0.0139. The van der Waals surface area contributed by atoms with Crippen LogP contribution in [0, 0.1) is 5.82 Å². The van der Waals surface area contributed by atoms with Crippen molar-refractivity contribution in [1.29, 1.82) is 0 Å². The van der Waals surface area contributed by atoms with Crippen LogP contribution in [0.1, 0.15) is 31.2 Å². The fourth-order valence-corrected chi connectivity index (χ4v) is 2.99. The first-order chi connectivity index (χ1) is 9.02. The van der Waals surface area contributed by atoms with Crippen LogP contribution in [0.3, 0.4) is 0 Å². The van der Waals surface area contributed by atoms with Gasteiger partial charge in [0.2, 0.25) is 0 Å². The van der Waals surface area contributed by atoms with Crippen molar-refractivity contribution in [3.8, 4) is 5.75 Å². The maximum absolute atomic E-state index is 13.2. The van der Waals surface area contributed by atoms with Crippen LogP contribution in [0.15, 0.2) is 18.2 Å². The molecule has 2 N–H and O–H groups in total. The molecule has 1 aliphatic rings. The van der Waals surface area contributed by atoms with Gasteiger partial charge in [0.05, 0.1) is 0 Å². The zero-order valence-electron chi connectivity index (χ0n) is 11.7. The molecule has 0 heterocycles. The van der Waals surface area contributed by atoms with Crippen molar-refractivity contribution in [2.24, 2.45) is 0 Å². The Morgan fingerprint density at radius 1 is 1.26 bits per heavy atom. The van der Waals surface area contributed by atoms with Crippen LogP contribution in [0.25, 0.3) is 0 Å².